The second-order valence-electron chi connectivity index (χ2n) is 5.49. The summed E-state index contributed by atoms with van der Waals surface area (Å²) in [5.41, 5.74) is 0. The summed E-state index contributed by atoms with van der Waals surface area (Å²) in [6.07, 6.45) is 17.3. The lowest BCUT2D eigenvalue weighted by atomic mass is 10.0. The van der Waals surface area contributed by atoms with Crippen LogP contribution >= 0.6 is 45.2 Å². The predicted octanol–water partition coefficient (Wildman–Crippen LogP) is 7.37. The van der Waals surface area contributed by atoms with Crippen molar-refractivity contribution < 1.29 is 9.90 Å². The van der Waals surface area contributed by atoms with Crippen LogP contribution in [0, 0.1) is 0 Å². The highest BCUT2D eigenvalue weighted by atomic mass is 127. The monoisotopic (exact) mass is 524 g/mol. The zero-order valence-electron chi connectivity index (χ0n) is 13.7. The number of hydrogen-bond donors (Lipinski definition) is 1. The minimum absolute atomic E-state index is 0.345. The molecule has 0 saturated carbocycles. The number of hydrogen-bond acceptors (Lipinski definition) is 1. The van der Waals surface area contributed by atoms with E-state index in [1.54, 1.807) is 0 Å². The van der Waals surface area contributed by atoms with Gasteiger partial charge in [-0.3, -0.25) is 4.79 Å². The molecule has 0 atom stereocenters. The molecule has 0 amide bonds. The SMILES string of the molecule is CCCCCCCCCCCCCCCC(=O)O.ICI. The summed E-state index contributed by atoms with van der Waals surface area (Å²) >= 11 is 4.55. The summed E-state index contributed by atoms with van der Waals surface area (Å²) in [5.74, 6) is -0.655. The molecule has 0 heterocycles. The van der Waals surface area contributed by atoms with Gasteiger partial charge < -0.3 is 5.11 Å². The number of rotatable bonds is 14. The lowest BCUT2D eigenvalue weighted by Gasteiger charge is -2.02. The minimum Gasteiger partial charge on any atom is -0.481 e. The van der Waals surface area contributed by atoms with Crippen molar-refractivity contribution in [2.75, 3.05) is 2.43 Å². The number of halogens is 2. The fourth-order valence-electron chi connectivity index (χ4n) is 2.29. The Hall–Kier alpha value is 0.930. The largest absolute Gasteiger partial charge is 0.481 e. The van der Waals surface area contributed by atoms with Crippen molar-refractivity contribution in [3.8, 4) is 0 Å². The van der Waals surface area contributed by atoms with Crippen LogP contribution in [0.15, 0.2) is 0 Å². The van der Waals surface area contributed by atoms with Gasteiger partial charge >= 0.3 is 5.97 Å². The number of unbranched alkanes of at least 4 members (excludes halogenated alkanes) is 12. The molecule has 0 aromatic carbocycles. The fourth-order valence-corrected chi connectivity index (χ4v) is 2.29. The molecule has 0 aliphatic rings. The van der Waals surface area contributed by atoms with E-state index in [4.69, 9.17) is 5.11 Å². The molecule has 0 saturated heterocycles. The first-order chi connectivity index (χ1) is 10.2. The first-order valence-corrected chi connectivity index (χ1v) is 11.6. The van der Waals surface area contributed by atoms with Crippen molar-refractivity contribution in [2.24, 2.45) is 0 Å². The highest BCUT2D eigenvalue weighted by Crippen LogP contribution is 2.12. The van der Waals surface area contributed by atoms with Gasteiger partial charge in [0.05, 0.1) is 2.43 Å². The van der Waals surface area contributed by atoms with Gasteiger partial charge in [-0.1, -0.05) is 129 Å². The molecular weight excluding hydrogens is 490 g/mol. The van der Waals surface area contributed by atoms with Crippen LogP contribution in [-0.2, 0) is 4.79 Å². The Morgan fingerprint density at radius 2 is 1.00 bits per heavy atom. The average Bonchev–Trinajstić information content (AvgIpc) is 2.44. The van der Waals surface area contributed by atoms with Crippen molar-refractivity contribution in [3.63, 3.8) is 0 Å². The first-order valence-electron chi connectivity index (χ1n) is 8.52. The maximum Gasteiger partial charge on any atom is 0.303 e. The lowest BCUT2D eigenvalue weighted by Crippen LogP contribution is -1.93. The van der Waals surface area contributed by atoms with Gasteiger partial charge in [-0.05, 0) is 6.42 Å². The van der Waals surface area contributed by atoms with Crippen LogP contribution in [0.3, 0.4) is 0 Å². The molecule has 21 heavy (non-hydrogen) atoms. The molecule has 2 nitrogen and oxygen atoms in total. The third-order valence-electron chi connectivity index (χ3n) is 3.49. The van der Waals surface area contributed by atoms with Crippen LogP contribution in [-0.4, -0.2) is 13.5 Å². The summed E-state index contributed by atoms with van der Waals surface area (Å²) < 4.78 is 1.19. The summed E-state index contributed by atoms with van der Waals surface area (Å²) in [6, 6.07) is 0. The van der Waals surface area contributed by atoms with Gasteiger partial charge in [-0.25, -0.2) is 0 Å². The molecule has 4 heteroatoms. The van der Waals surface area contributed by atoms with E-state index in [9.17, 15) is 4.79 Å². The number of carbonyl (C=O) groups is 1. The van der Waals surface area contributed by atoms with E-state index < -0.39 is 5.97 Å². The zero-order valence-corrected chi connectivity index (χ0v) is 18.0. The van der Waals surface area contributed by atoms with Crippen LogP contribution in [0.2, 0.25) is 0 Å². The van der Waals surface area contributed by atoms with Gasteiger partial charge in [0.1, 0.15) is 0 Å². The predicted molar refractivity (Wildman–Crippen MR) is 111 cm³/mol. The van der Waals surface area contributed by atoms with Crippen LogP contribution < -0.4 is 0 Å². The van der Waals surface area contributed by atoms with E-state index in [2.05, 4.69) is 52.1 Å². The van der Waals surface area contributed by atoms with Gasteiger partial charge in [0.25, 0.3) is 0 Å². The Morgan fingerprint density at radius 1 is 0.714 bits per heavy atom. The molecule has 0 aliphatic carbocycles. The molecule has 0 aliphatic heterocycles. The van der Waals surface area contributed by atoms with E-state index in [-0.39, 0.29) is 0 Å². The Labute approximate surface area is 159 Å². The maximum atomic E-state index is 10.3. The van der Waals surface area contributed by atoms with Gasteiger partial charge in [0.15, 0.2) is 0 Å². The second-order valence-corrected chi connectivity index (χ2v) is 9.93. The average molecular weight is 524 g/mol. The van der Waals surface area contributed by atoms with Crippen LogP contribution in [0.25, 0.3) is 0 Å². The Morgan fingerprint density at radius 3 is 1.29 bits per heavy atom. The van der Waals surface area contributed by atoms with Crippen molar-refractivity contribution >= 4 is 51.2 Å². The molecule has 0 aromatic rings. The number of alkyl halides is 2. The lowest BCUT2D eigenvalue weighted by molar-refractivity contribution is -0.137. The zero-order chi connectivity index (χ0) is 16.2. The summed E-state index contributed by atoms with van der Waals surface area (Å²) in [6.45, 7) is 2.26. The van der Waals surface area contributed by atoms with E-state index in [1.165, 1.54) is 73.1 Å². The topological polar surface area (TPSA) is 37.3 Å². The third kappa shape index (κ3) is 29.6. The summed E-state index contributed by atoms with van der Waals surface area (Å²) in [4.78, 5) is 10.3. The smallest absolute Gasteiger partial charge is 0.303 e. The molecule has 0 radical (unpaired) electrons. The van der Waals surface area contributed by atoms with Crippen LogP contribution in [0.1, 0.15) is 96.8 Å². The van der Waals surface area contributed by atoms with Gasteiger partial charge in [0, 0.05) is 6.42 Å². The standard InChI is InChI=1S/C16H32O2.CH2I2/c1-2-3-4-5-6-7-8-9-10-11-12-13-14-15-16(17)18;2-1-3/h2-15H2,1H3,(H,17,18);1H2. The molecule has 0 rings (SSSR count). The van der Waals surface area contributed by atoms with E-state index in [0.717, 1.165) is 12.8 Å². The Balaban J connectivity index is 0. The highest BCUT2D eigenvalue weighted by molar-refractivity contribution is 14.2. The number of aliphatic carboxylic acids is 1. The van der Waals surface area contributed by atoms with Crippen molar-refractivity contribution in [3.05, 3.63) is 0 Å². The molecular formula is C17H34I2O2. The van der Waals surface area contributed by atoms with Crippen LogP contribution in [0.5, 0.6) is 0 Å². The minimum atomic E-state index is -0.655. The Bertz CT molecular complexity index is 199. The Kier molecular flexibility index (Phi) is 26.7. The maximum absolute atomic E-state index is 10.3. The second kappa shape index (κ2) is 23.2. The summed E-state index contributed by atoms with van der Waals surface area (Å²) in [7, 11) is 0. The van der Waals surface area contributed by atoms with E-state index in [0.29, 0.717) is 6.42 Å². The van der Waals surface area contributed by atoms with Crippen molar-refractivity contribution in [2.45, 2.75) is 96.8 Å². The molecule has 0 bridgehead atoms. The normalized spacial score (nSPS) is 10.0. The summed E-state index contributed by atoms with van der Waals surface area (Å²) in [5, 5.41) is 8.49. The highest BCUT2D eigenvalue weighted by Gasteiger charge is 1.96. The van der Waals surface area contributed by atoms with E-state index >= 15 is 0 Å². The van der Waals surface area contributed by atoms with Gasteiger partial charge in [0.2, 0.25) is 0 Å². The van der Waals surface area contributed by atoms with Gasteiger partial charge in [-0.2, -0.15) is 0 Å². The number of carboxylic acids is 1. The molecule has 0 spiro atoms. The molecule has 1 N–H and O–H groups in total. The molecule has 0 unspecified atom stereocenters. The molecule has 0 aromatic heterocycles. The van der Waals surface area contributed by atoms with Crippen molar-refractivity contribution in [1.29, 1.82) is 0 Å². The molecule has 128 valence electrons. The number of carboxylic acid groups (broad SMARTS) is 1. The van der Waals surface area contributed by atoms with Crippen LogP contribution in [0.4, 0.5) is 0 Å². The van der Waals surface area contributed by atoms with E-state index in [1.807, 2.05) is 0 Å². The third-order valence-corrected chi connectivity index (χ3v) is 3.49. The van der Waals surface area contributed by atoms with Crippen molar-refractivity contribution in [1.82, 2.24) is 0 Å². The molecule has 0 fully saturated rings. The van der Waals surface area contributed by atoms with Gasteiger partial charge in [-0.15, -0.1) is 0 Å². The first kappa shape index (κ1) is 24.2. The fraction of sp³-hybridized carbons (Fsp3) is 0.941. The quantitative estimate of drug-likeness (QED) is 0.146.